The molecule has 12 nitrogen and oxygen atoms in total. The zero-order valence-electron chi connectivity index (χ0n) is 74.5. The third-order valence-electron chi connectivity index (χ3n) is 28.5. The molecule has 30 rings (SSSR count). The molecular weight excluding hydrogens is 1680 g/mol. The molecule has 0 aliphatic carbocycles. The van der Waals surface area contributed by atoms with Crippen molar-refractivity contribution in [1.82, 2.24) is 42.4 Å². The van der Waals surface area contributed by atoms with Crippen LogP contribution in [0.15, 0.2) is 474 Å². The minimum absolute atomic E-state index is 0.0896. The maximum absolute atomic E-state index is 6.69. The minimum Gasteiger partial charge on any atom is -0.458 e. The van der Waals surface area contributed by atoms with Crippen LogP contribution < -0.4 is 63.4 Å². The molecule has 0 amide bonds. The predicted octanol–water partition coefficient (Wildman–Crippen LogP) is 23.7. The van der Waals surface area contributed by atoms with Gasteiger partial charge in [-0.25, -0.2) is 9.97 Å². The van der Waals surface area contributed by atoms with E-state index in [9.17, 15) is 0 Å². The summed E-state index contributed by atoms with van der Waals surface area (Å²) in [6, 6.07) is 162. The Morgan fingerprint density at radius 3 is 1.02 bits per heavy atom. The van der Waals surface area contributed by atoms with Gasteiger partial charge in [0.15, 0.2) is 0 Å². The zero-order valence-corrected chi connectivity index (χ0v) is 74.5. The Morgan fingerprint density at radius 1 is 0.188 bits per heavy atom. The van der Waals surface area contributed by atoms with Gasteiger partial charge in [-0.1, -0.05) is 326 Å². The quantitative estimate of drug-likeness (QED) is 0.134. The molecule has 0 fully saturated rings. The summed E-state index contributed by atoms with van der Waals surface area (Å²) >= 11 is 0. The fourth-order valence-electron chi connectivity index (χ4n) is 22.6. The van der Waals surface area contributed by atoms with Gasteiger partial charge in [0.2, 0.25) is 0 Å². The molecular formula is C123H78B3N9O3. The van der Waals surface area contributed by atoms with Gasteiger partial charge in [0.1, 0.15) is 51.4 Å². The Bertz CT molecular complexity index is 9560. The molecule has 9 aromatic heterocycles. The van der Waals surface area contributed by atoms with Crippen LogP contribution in [0.1, 0.15) is 0 Å². The second kappa shape index (κ2) is 31.8. The fraction of sp³-hybridized carbons (Fsp3) is 0. The second-order valence-corrected chi connectivity index (χ2v) is 35.9. The van der Waals surface area contributed by atoms with E-state index in [1.807, 2.05) is 30.7 Å². The number of rotatable bonds is 9. The molecule has 15 heteroatoms. The molecule has 0 saturated heterocycles. The molecule has 0 unspecified atom stereocenters. The van der Waals surface area contributed by atoms with Crippen LogP contribution >= 0.6 is 0 Å². The van der Waals surface area contributed by atoms with Crippen LogP contribution in [-0.2, 0) is 0 Å². The van der Waals surface area contributed by atoms with Crippen LogP contribution in [-0.4, -0.2) is 62.5 Å². The lowest BCUT2D eigenvalue weighted by Crippen LogP contribution is -2.54. The van der Waals surface area contributed by atoms with Crippen molar-refractivity contribution in [2.24, 2.45) is 0 Å². The van der Waals surface area contributed by atoms with Crippen LogP contribution in [0, 0.1) is 0 Å². The molecule has 0 saturated carbocycles. The van der Waals surface area contributed by atoms with Crippen molar-refractivity contribution in [3.8, 4) is 68.6 Å². The van der Waals surface area contributed by atoms with Gasteiger partial charge in [-0.15, -0.1) is 0 Å². The van der Waals surface area contributed by atoms with Crippen LogP contribution in [0.2, 0.25) is 0 Å². The van der Waals surface area contributed by atoms with Crippen molar-refractivity contribution in [1.29, 1.82) is 0 Å². The second-order valence-electron chi connectivity index (χ2n) is 35.9. The van der Waals surface area contributed by atoms with Gasteiger partial charge >= 0.3 is 0 Å². The third kappa shape index (κ3) is 12.3. The van der Waals surface area contributed by atoms with Crippen LogP contribution in [0.5, 0.6) is 34.5 Å². The summed E-state index contributed by atoms with van der Waals surface area (Å²) in [6.45, 7) is 0.271. The van der Waals surface area contributed by atoms with Crippen molar-refractivity contribution in [3.05, 3.63) is 474 Å². The summed E-state index contributed by atoms with van der Waals surface area (Å²) in [6.07, 6.45) is 5.76. The third-order valence-corrected chi connectivity index (χ3v) is 28.5. The van der Waals surface area contributed by atoms with Crippen molar-refractivity contribution in [2.45, 2.75) is 0 Å². The Balaban J connectivity index is 0.000000102. The standard InChI is InChI=1S/3C41H26BN3O/c1-3-13-27(14-4-1)42-34-19-9-12-22-38(34)46-39-25-29(23-24-35(39)42)45-37-21-11-8-18-31(37)33-26-32-30-17-7-10-20-36(30)44(40(32)43-41(33)45)28-15-5-2-6-16-28;1-3-12-27(13-4-1)42-34-18-8-10-20-37(34)46-38-26-29(21-24-35(38)42)44-36-19-9-7-16-30(36)31-22-23-32-33-17-11-25-43-41(33)45(40(32)39(31)44)28-14-5-2-6-15-28;1-3-11-27(12-4-1)42-33-16-8-10-18-38(33)46-39-25-29(19-21-34(39)42)45-36-23-24-43-26-32(36)30-20-22-37-40(41(30)45)31-15-7-9-17-35(31)44(37)28-13-5-2-6-14-28/h3*1-26H. The van der Waals surface area contributed by atoms with Crippen molar-refractivity contribution in [3.63, 3.8) is 0 Å². The molecule has 0 radical (unpaired) electrons. The maximum Gasteiger partial charge on any atom is 0.250 e. The Labute approximate surface area is 793 Å². The van der Waals surface area contributed by atoms with Gasteiger partial charge in [0.05, 0.1) is 55.3 Å². The van der Waals surface area contributed by atoms with Crippen LogP contribution in [0.3, 0.4) is 0 Å². The van der Waals surface area contributed by atoms with E-state index in [1.54, 1.807) is 0 Å². The van der Waals surface area contributed by atoms with E-state index in [-0.39, 0.29) is 20.1 Å². The lowest BCUT2D eigenvalue weighted by molar-refractivity contribution is 0.487. The number of para-hydroxylation sites is 10. The molecule has 0 spiro atoms. The summed E-state index contributed by atoms with van der Waals surface area (Å²) in [4.78, 5) is 15.0. The smallest absolute Gasteiger partial charge is 0.250 e. The van der Waals surface area contributed by atoms with Gasteiger partial charge in [0, 0.05) is 130 Å². The van der Waals surface area contributed by atoms with E-state index in [0.717, 1.165) is 146 Å². The average Bonchev–Trinajstić information content (AvgIpc) is 1.54. The van der Waals surface area contributed by atoms with Gasteiger partial charge in [-0.3, -0.25) is 18.7 Å². The first-order valence-corrected chi connectivity index (χ1v) is 47.0. The highest BCUT2D eigenvalue weighted by atomic mass is 16.5. The number of fused-ring (bicyclic) bond motifs is 26. The van der Waals surface area contributed by atoms with E-state index >= 15 is 0 Å². The molecule has 27 aromatic rings. The van der Waals surface area contributed by atoms with Gasteiger partial charge in [0.25, 0.3) is 20.1 Å². The normalized spacial score (nSPS) is 12.5. The maximum atomic E-state index is 6.69. The SMILES string of the molecule is c1ccc(B2c3ccccc3Oc3cc(-n4c5ccccc5c5cc6c7ccccc7n(-c7ccccc7)c6nc54)ccc32)cc1.c1ccc(B2c3ccccc3Oc3cc(-n4c5ccccc5c5ccc6c7cccnc7n(-c7ccccc7)c6c54)ccc32)cc1.c1ccc(B2c3ccccc3Oc3cc(-n4c5ccncc5c5ccc6c(c7ccccc7n6-c6ccccc6)c54)ccc32)cc1. The summed E-state index contributed by atoms with van der Waals surface area (Å²) < 4.78 is 34.1. The number of hydrogen-bond donors (Lipinski definition) is 0. The topological polar surface area (TPSA) is 95.9 Å². The monoisotopic (exact) mass is 1760 g/mol. The summed E-state index contributed by atoms with van der Waals surface area (Å²) in [5.74, 6) is 5.34. The first-order chi connectivity index (χ1) is 68.5. The fourth-order valence-corrected chi connectivity index (χ4v) is 22.6. The Hall–Kier alpha value is -18.2. The average molecular weight is 1760 g/mol. The zero-order chi connectivity index (χ0) is 90.6. The highest BCUT2D eigenvalue weighted by molar-refractivity contribution is 6.98. The van der Waals surface area contributed by atoms with Crippen molar-refractivity contribution < 1.29 is 14.2 Å². The summed E-state index contributed by atoms with van der Waals surface area (Å²) in [7, 11) is 0. The van der Waals surface area contributed by atoms with Gasteiger partial charge in [-0.2, -0.15) is 0 Å². The molecule has 3 aliphatic rings. The van der Waals surface area contributed by atoms with Crippen molar-refractivity contribution >= 4 is 201 Å². The largest absolute Gasteiger partial charge is 0.458 e. The minimum atomic E-state index is 0.0896. The Kier molecular flexibility index (Phi) is 18.1. The first kappa shape index (κ1) is 78.5. The summed E-state index contributed by atoms with van der Waals surface area (Å²) in [5.41, 5.74) is 30.4. The first-order valence-electron chi connectivity index (χ1n) is 47.0. The van der Waals surface area contributed by atoms with Gasteiger partial charge in [-0.05, 0) is 160 Å². The molecule has 0 bridgehead atoms. The molecule has 12 heterocycles. The van der Waals surface area contributed by atoms with E-state index in [1.165, 1.54) is 103 Å². The number of pyridine rings is 3. The van der Waals surface area contributed by atoms with Crippen LogP contribution in [0.4, 0.5) is 0 Å². The van der Waals surface area contributed by atoms with E-state index in [4.69, 9.17) is 24.2 Å². The van der Waals surface area contributed by atoms with E-state index in [0.29, 0.717) is 0 Å². The predicted molar refractivity (Wildman–Crippen MR) is 572 cm³/mol. The number of hydrogen-bond acceptors (Lipinski definition) is 6. The Morgan fingerprint density at radius 2 is 0.529 bits per heavy atom. The summed E-state index contributed by atoms with van der Waals surface area (Å²) in [5, 5.41) is 14.1. The molecule has 642 valence electrons. The van der Waals surface area contributed by atoms with E-state index in [2.05, 4.69) is 475 Å². The highest BCUT2D eigenvalue weighted by Gasteiger charge is 2.38. The van der Waals surface area contributed by atoms with Crippen molar-refractivity contribution in [2.75, 3.05) is 0 Å². The number of benzene rings is 18. The van der Waals surface area contributed by atoms with Gasteiger partial charge < -0.3 is 27.9 Å². The molecule has 18 aromatic carbocycles. The lowest BCUT2D eigenvalue weighted by Gasteiger charge is -2.27. The molecule has 3 aliphatic heterocycles. The molecule has 0 atom stereocenters. The number of nitrogens with zero attached hydrogens (tertiary/aromatic N) is 9. The van der Waals surface area contributed by atoms with Crippen LogP contribution in [0.25, 0.3) is 165 Å². The molecule has 0 N–H and O–H groups in total. The number of ether oxygens (including phenoxy) is 3. The lowest BCUT2D eigenvalue weighted by atomic mass is 9.36. The molecule has 138 heavy (non-hydrogen) atoms. The van der Waals surface area contributed by atoms with E-state index < -0.39 is 0 Å². The highest BCUT2D eigenvalue weighted by Crippen LogP contribution is 2.47. The number of aromatic nitrogens is 9.